The van der Waals surface area contributed by atoms with Crippen molar-refractivity contribution >= 4 is 23.5 Å². The molecule has 0 bridgehead atoms. The van der Waals surface area contributed by atoms with Crippen LogP contribution in [0.25, 0.3) is 0 Å². The number of alkyl halides is 3. The Labute approximate surface area is 298 Å². The summed E-state index contributed by atoms with van der Waals surface area (Å²) in [6.07, 6.45) is 4.95. The molecule has 1 heterocycles. The number of rotatable bonds is 15. The fraction of sp³-hybridized carbons (Fsp3) is 0.526. The number of benzene rings is 2. The van der Waals surface area contributed by atoms with E-state index >= 15 is 0 Å². The lowest BCUT2D eigenvalue weighted by Crippen LogP contribution is -2.55. The number of nitrogens with two attached hydrogens (primary N) is 1. The molecule has 1 aliphatic carbocycles. The van der Waals surface area contributed by atoms with Crippen molar-refractivity contribution < 1.29 is 32.7 Å². The summed E-state index contributed by atoms with van der Waals surface area (Å²) < 4.78 is 40.6. The fourth-order valence-corrected chi connectivity index (χ4v) is 6.51. The van der Waals surface area contributed by atoms with Crippen LogP contribution >= 0.6 is 0 Å². The van der Waals surface area contributed by atoms with Crippen LogP contribution in [0.15, 0.2) is 67.1 Å². The van der Waals surface area contributed by atoms with Crippen molar-refractivity contribution in [1.82, 2.24) is 19.8 Å². The molecule has 1 saturated carbocycles. The molecule has 0 saturated heterocycles. The average molecular weight is 713 g/mol. The van der Waals surface area contributed by atoms with Crippen LogP contribution in [0.3, 0.4) is 0 Å². The Kier molecular flexibility index (Phi) is 14.2. The first-order chi connectivity index (χ1) is 24.2. The van der Waals surface area contributed by atoms with Gasteiger partial charge in [-0.1, -0.05) is 76.3 Å². The minimum atomic E-state index is -4.54. The van der Waals surface area contributed by atoms with Crippen LogP contribution in [0.4, 0.5) is 23.7 Å². The maximum atomic E-state index is 14.2. The number of likely N-dealkylation sites (N-methyl/N-ethyl adjacent to an activating group) is 1. The second-order valence-corrected chi connectivity index (χ2v) is 14.1. The summed E-state index contributed by atoms with van der Waals surface area (Å²) in [5.74, 6) is -0.213. The summed E-state index contributed by atoms with van der Waals surface area (Å²) >= 11 is 0. The van der Waals surface area contributed by atoms with E-state index in [1.165, 1.54) is 24.1 Å². The molecule has 1 fully saturated rings. The number of carbonyl (C=O) groups is 3. The van der Waals surface area contributed by atoms with Crippen molar-refractivity contribution in [2.45, 2.75) is 108 Å². The number of hydrogen-bond donors (Lipinski definition) is 4. The van der Waals surface area contributed by atoms with Crippen molar-refractivity contribution in [2.75, 3.05) is 12.4 Å². The van der Waals surface area contributed by atoms with Crippen molar-refractivity contribution in [1.29, 1.82) is 0 Å². The van der Waals surface area contributed by atoms with E-state index in [0.29, 0.717) is 36.8 Å². The highest BCUT2D eigenvalue weighted by atomic mass is 19.4. The molecule has 3 aromatic rings. The Bertz CT molecular complexity index is 1560. The Morgan fingerprint density at radius 3 is 2.29 bits per heavy atom. The van der Waals surface area contributed by atoms with Crippen LogP contribution in [0, 0.1) is 11.8 Å². The summed E-state index contributed by atoms with van der Waals surface area (Å²) in [5.41, 5.74) is 6.72. The predicted octanol–water partition coefficient (Wildman–Crippen LogP) is 6.44. The van der Waals surface area contributed by atoms with Crippen LogP contribution in [-0.2, 0) is 23.8 Å². The van der Waals surface area contributed by atoms with Gasteiger partial charge < -0.3 is 26.4 Å². The van der Waals surface area contributed by atoms with Crippen LogP contribution in [0.1, 0.15) is 86.8 Å². The standard InChI is InChI=1S/C38H51F3N6O4/c1-25(2)14-19-34(48)32(21-27-12-8-5-9-13-27)45-35(49)33(46(3)37(51)44-29-17-15-28(16-18-29)38(39,40)41)22-30-23-47(24-43-30)36(50)31(42)20-26-10-6-4-7-11-26/h4,6-7,10-11,15-18,23-25,27,31-34,48H,5,8-9,12-14,19-22,42H2,1-3H3,(H,44,51)(H,45,49)/t31-,32-,33-,34-/m0/s1. The van der Waals surface area contributed by atoms with E-state index in [2.05, 4.69) is 29.5 Å². The zero-order valence-corrected chi connectivity index (χ0v) is 29.6. The number of imidazole rings is 1. The summed E-state index contributed by atoms with van der Waals surface area (Å²) in [5, 5.41) is 16.9. The van der Waals surface area contributed by atoms with Gasteiger partial charge in [0.1, 0.15) is 12.4 Å². The summed E-state index contributed by atoms with van der Waals surface area (Å²) in [7, 11) is 1.41. The van der Waals surface area contributed by atoms with Gasteiger partial charge in [0.15, 0.2) is 0 Å². The Hall–Kier alpha value is -4.23. The van der Waals surface area contributed by atoms with E-state index in [4.69, 9.17) is 5.73 Å². The number of halogens is 3. The average Bonchev–Trinajstić information content (AvgIpc) is 3.58. The van der Waals surface area contributed by atoms with Crippen molar-refractivity contribution in [3.63, 3.8) is 0 Å². The number of hydrogen-bond acceptors (Lipinski definition) is 6. The highest BCUT2D eigenvalue weighted by Crippen LogP contribution is 2.31. The highest BCUT2D eigenvalue weighted by Gasteiger charge is 2.34. The van der Waals surface area contributed by atoms with Gasteiger partial charge in [-0.25, -0.2) is 9.78 Å². The molecule has 0 unspecified atom stereocenters. The molecular weight excluding hydrogens is 661 g/mol. The fourth-order valence-electron chi connectivity index (χ4n) is 6.51. The smallest absolute Gasteiger partial charge is 0.391 e. The zero-order valence-electron chi connectivity index (χ0n) is 29.6. The Morgan fingerprint density at radius 1 is 1.00 bits per heavy atom. The van der Waals surface area contributed by atoms with Crippen molar-refractivity contribution in [3.05, 3.63) is 83.9 Å². The maximum absolute atomic E-state index is 14.2. The van der Waals surface area contributed by atoms with Crippen LogP contribution in [0.2, 0.25) is 0 Å². The lowest BCUT2D eigenvalue weighted by atomic mass is 9.83. The number of aliphatic hydroxyl groups excluding tert-OH is 1. The van der Waals surface area contributed by atoms with Gasteiger partial charge in [-0.3, -0.25) is 14.2 Å². The predicted molar refractivity (Wildman–Crippen MR) is 190 cm³/mol. The molecule has 51 heavy (non-hydrogen) atoms. The van der Waals surface area contributed by atoms with Gasteiger partial charge in [0.25, 0.3) is 0 Å². The zero-order chi connectivity index (χ0) is 37.1. The van der Waals surface area contributed by atoms with Crippen LogP contribution in [-0.4, -0.2) is 68.7 Å². The molecule has 4 rings (SSSR count). The molecule has 10 nitrogen and oxygen atoms in total. The third kappa shape index (κ3) is 11.9. The van der Waals surface area contributed by atoms with Gasteiger partial charge in [-0.2, -0.15) is 13.2 Å². The molecule has 0 spiro atoms. The largest absolute Gasteiger partial charge is 0.416 e. The third-order valence-corrected chi connectivity index (χ3v) is 9.61. The number of aromatic nitrogens is 2. The number of nitrogens with zero attached hydrogens (tertiary/aromatic N) is 3. The van der Waals surface area contributed by atoms with Gasteiger partial charge in [-0.15, -0.1) is 0 Å². The van der Waals surface area contributed by atoms with Crippen molar-refractivity contribution in [3.8, 4) is 0 Å². The van der Waals surface area contributed by atoms with E-state index < -0.39 is 53.8 Å². The maximum Gasteiger partial charge on any atom is 0.416 e. The first-order valence-electron chi connectivity index (χ1n) is 17.8. The highest BCUT2D eigenvalue weighted by molar-refractivity contribution is 5.94. The quantitative estimate of drug-likeness (QED) is 0.143. The van der Waals surface area contributed by atoms with E-state index in [9.17, 15) is 32.7 Å². The molecule has 3 amide bonds. The Balaban J connectivity index is 1.55. The first kappa shape index (κ1) is 39.6. The second kappa shape index (κ2) is 18.3. The number of anilines is 1. The molecule has 13 heteroatoms. The van der Waals surface area contributed by atoms with Gasteiger partial charge >= 0.3 is 12.2 Å². The molecule has 5 N–H and O–H groups in total. The molecule has 0 radical (unpaired) electrons. The number of nitrogens with one attached hydrogen (secondary N) is 2. The second-order valence-electron chi connectivity index (χ2n) is 14.1. The number of aliphatic hydroxyl groups is 1. The summed E-state index contributed by atoms with van der Waals surface area (Å²) in [6, 6.07) is 10.1. The van der Waals surface area contributed by atoms with E-state index in [1.807, 2.05) is 30.3 Å². The SMILES string of the molecule is CC(C)CC[C@H](O)[C@H](CC1CCCCC1)NC(=O)[C@H](Cc1cn(C(=O)[C@@H](N)Cc2ccccc2)cn1)N(C)C(=O)Nc1ccc(C(F)(F)F)cc1. The molecule has 1 aromatic heterocycles. The molecule has 4 atom stereocenters. The summed E-state index contributed by atoms with van der Waals surface area (Å²) in [4.78, 5) is 46.3. The normalized spacial score (nSPS) is 16.3. The minimum absolute atomic E-state index is 0.0881. The first-order valence-corrected chi connectivity index (χ1v) is 17.8. The van der Waals surface area contributed by atoms with E-state index in [-0.39, 0.29) is 12.1 Å². The van der Waals surface area contributed by atoms with Crippen molar-refractivity contribution in [2.24, 2.45) is 17.6 Å². The monoisotopic (exact) mass is 712 g/mol. The molecule has 0 aliphatic heterocycles. The van der Waals surface area contributed by atoms with E-state index in [0.717, 1.165) is 73.3 Å². The third-order valence-electron chi connectivity index (χ3n) is 9.61. The molecular formula is C38H51F3N6O4. The number of urea groups is 1. The topological polar surface area (TPSA) is 143 Å². The molecule has 2 aromatic carbocycles. The van der Waals surface area contributed by atoms with Gasteiger partial charge in [0.05, 0.1) is 29.4 Å². The Morgan fingerprint density at radius 2 is 1.67 bits per heavy atom. The lowest BCUT2D eigenvalue weighted by Gasteiger charge is -2.33. The van der Waals surface area contributed by atoms with Gasteiger partial charge in [-0.05, 0) is 67.3 Å². The summed E-state index contributed by atoms with van der Waals surface area (Å²) in [6.45, 7) is 4.14. The van der Waals surface area contributed by atoms with Gasteiger partial charge in [0.2, 0.25) is 11.8 Å². The number of carbonyl (C=O) groups excluding carboxylic acids is 3. The molecule has 1 aliphatic rings. The van der Waals surface area contributed by atoms with Crippen LogP contribution in [0.5, 0.6) is 0 Å². The van der Waals surface area contributed by atoms with Crippen LogP contribution < -0.4 is 16.4 Å². The number of amides is 3. The van der Waals surface area contributed by atoms with E-state index in [1.54, 1.807) is 0 Å². The minimum Gasteiger partial charge on any atom is -0.391 e. The molecule has 278 valence electrons. The lowest BCUT2D eigenvalue weighted by molar-refractivity contribution is -0.137. The van der Waals surface area contributed by atoms with Gasteiger partial charge in [0, 0.05) is 25.4 Å².